The van der Waals surface area contributed by atoms with Crippen LogP contribution in [0.1, 0.15) is 18.1 Å². The first kappa shape index (κ1) is 19.9. The summed E-state index contributed by atoms with van der Waals surface area (Å²) in [5, 5.41) is 6.60. The number of rotatable bonds is 2. The van der Waals surface area contributed by atoms with Crippen LogP contribution in [0.15, 0.2) is 70.7 Å². The number of hydrogen-bond donors (Lipinski definition) is 1. The molecule has 1 aliphatic heterocycles. The summed E-state index contributed by atoms with van der Waals surface area (Å²) in [5.41, 5.74) is 4.62. The number of aromatic amines is 1. The molecule has 0 fully saturated rings. The van der Waals surface area contributed by atoms with Gasteiger partial charge in [0.15, 0.2) is 0 Å². The minimum Gasteiger partial charge on any atom is -0.328 e. The lowest BCUT2D eigenvalue weighted by Crippen LogP contribution is -2.43. The lowest BCUT2D eigenvalue weighted by atomic mass is 9.96. The quantitative estimate of drug-likeness (QED) is 0.661. The zero-order chi connectivity index (χ0) is 21.3. The Balaban J connectivity index is 1.58. The molecular formula is C23H21ClN4O2. The molecule has 2 heterocycles. The van der Waals surface area contributed by atoms with Crippen molar-refractivity contribution in [2.24, 2.45) is 5.10 Å². The molecule has 3 aromatic rings. The highest BCUT2D eigenvalue weighted by atomic mass is 35.5. The molecule has 1 aromatic heterocycles. The first-order valence-corrected chi connectivity index (χ1v) is 9.98. The number of pyridine rings is 1. The summed E-state index contributed by atoms with van der Waals surface area (Å²) >= 11 is 5.95. The van der Waals surface area contributed by atoms with Gasteiger partial charge in [-0.3, -0.25) is 9.69 Å². The summed E-state index contributed by atoms with van der Waals surface area (Å²) < 4.78 is 0. The van der Waals surface area contributed by atoms with E-state index in [1.54, 1.807) is 54.7 Å². The maximum Gasteiger partial charge on any atom is 0.344 e. The second-order valence-electron chi connectivity index (χ2n) is 7.32. The summed E-state index contributed by atoms with van der Waals surface area (Å²) in [4.78, 5) is 28.7. The van der Waals surface area contributed by atoms with Crippen LogP contribution in [-0.2, 0) is 6.42 Å². The number of nitrogens with one attached hydrogen (secondary N) is 1. The van der Waals surface area contributed by atoms with Crippen LogP contribution in [0.3, 0.4) is 0 Å². The number of anilines is 1. The predicted octanol–water partition coefficient (Wildman–Crippen LogP) is 4.53. The number of carbonyl (C=O) groups is 1. The standard InChI is InChI=1S/C23H21ClN4O2/c1-15-11-19-12-16(17-5-10-22(29)25-13-17)3-4-18(19)14-26-28(15)23(30)27(2)21-8-6-20(24)7-9-21/h3-10,12-15H,11H2,1-2H3,(H,25,29). The van der Waals surface area contributed by atoms with Crippen molar-refractivity contribution in [2.75, 3.05) is 11.9 Å². The minimum atomic E-state index is -0.213. The smallest absolute Gasteiger partial charge is 0.328 e. The fourth-order valence-corrected chi connectivity index (χ4v) is 3.61. The molecule has 0 radical (unpaired) electrons. The van der Waals surface area contributed by atoms with Gasteiger partial charge in [-0.25, -0.2) is 9.80 Å². The molecule has 1 aliphatic rings. The van der Waals surface area contributed by atoms with Crippen LogP contribution in [0.5, 0.6) is 0 Å². The highest BCUT2D eigenvalue weighted by Gasteiger charge is 2.26. The van der Waals surface area contributed by atoms with E-state index in [1.165, 1.54) is 11.1 Å². The Bertz CT molecular complexity index is 1150. The van der Waals surface area contributed by atoms with E-state index in [0.717, 1.165) is 27.9 Å². The number of nitrogens with zero attached hydrogens (tertiary/aromatic N) is 3. The number of urea groups is 1. The van der Waals surface area contributed by atoms with Gasteiger partial charge in [0, 0.05) is 30.0 Å². The number of hydrazone groups is 1. The molecule has 0 spiro atoms. The zero-order valence-electron chi connectivity index (χ0n) is 16.7. The predicted molar refractivity (Wildman–Crippen MR) is 120 cm³/mol. The summed E-state index contributed by atoms with van der Waals surface area (Å²) in [7, 11) is 1.72. The number of H-pyrrole nitrogens is 1. The van der Waals surface area contributed by atoms with Crippen molar-refractivity contribution < 1.29 is 4.79 Å². The Hall–Kier alpha value is -3.38. The van der Waals surface area contributed by atoms with Gasteiger partial charge in [0.25, 0.3) is 0 Å². The molecule has 152 valence electrons. The van der Waals surface area contributed by atoms with Gasteiger partial charge in [-0.2, -0.15) is 5.10 Å². The highest BCUT2D eigenvalue weighted by molar-refractivity contribution is 6.30. The molecule has 0 aliphatic carbocycles. The monoisotopic (exact) mass is 420 g/mol. The number of hydrogen-bond acceptors (Lipinski definition) is 3. The van der Waals surface area contributed by atoms with Crippen LogP contribution in [-0.4, -0.2) is 35.3 Å². The van der Waals surface area contributed by atoms with E-state index in [9.17, 15) is 9.59 Å². The SMILES string of the molecule is CC1Cc2cc(-c3ccc(=O)[nH]c3)ccc2C=NN1C(=O)N(C)c1ccc(Cl)cc1. The fourth-order valence-electron chi connectivity index (χ4n) is 3.49. The van der Waals surface area contributed by atoms with E-state index >= 15 is 0 Å². The first-order valence-electron chi connectivity index (χ1n) is 9.61. The highest BCUT2D eigenvalue weighted by Crippen LogP contribution is 2.26. The van der Waals surface area contributed by atoms with Gasteiger partial charge >= 0.3 is 6.03 Å². The van der Waals surface area contributed by atoms with Crippen LogP contribution < -0.4 is 10.5 Å². The van der Waals surface area contributed by atoms with Crippen molar-refractivity contribution in [1.82, 2.24) is 9.99 Å². The molecule has 1 atom stereocenters. The summed E-state index contributed by atoms with van der Waals surface area (Å²) in [6.45, 7) is 1.98. The van der Waals surface area contributed by atoms with Crippen LogP contribution in [0, 0.1) is 0 Å². The Labute approximate surface area is 179 Å². The number of fused-ring (bicyclic) bond motifs is 1. The summed E-state index contributed by atoms with van der Waals surface area (Å²) in [6.07, 6.45) is 4.09. The molecule has 7 heteroatoms. The Kier molecular flexibility index (Phi) is 5.42. The maximum atomic E-state index is 13.1. The van der Waals surface area contributed by atoms with Crippen LogP contribution >= 0.6 is 11.6 Å². The number of carbonyl (C=O) groups excluding carboxylic acids is 1. The summed E-state index contributed by atoms with van der Waals surface area (Å²) in [6, 6.07) is 16.1. The lowest BCUT2D eigenvalue weighted by molar-refractivity contribution is 0.190. The zero-order valence-corrected chi connectivity index (χ0v) is 17.4. The molecule has 2 aromatic carbocycles. The normalized spacial score (nSPS) is 15.4. The molecule has 2 amide bonds. The third-order valence-corrected chi connectivity index (χ3v) is 5.46. The van der Waals surface area contributed by atoms with Crippen molar-refractivity contribution in [2.45, 2.75) is 19.4 Å². The molecule has 0 saturated carbocycles. The van der Waals surface area contributed by atoms with Gasteiger partial charge < -0.3 is 4.98 Å². The van der Waals surface area contributed by atoms with E-state index in [1.807, 2.05) is 19.1 Å². The first-order chi connectivity index (χ1) is 14.4. The van der Waals surface area contributed by atoms with Crippen molar-refractivity contribution in [3.05, 3.63) is 87.3 Å². The molecule has 30 heavy (non-hydrogen) atoms. The largest absolute Gasteiger partial charge is 0.344 e. The van der Waals surface area contributed by atoms with Gasteiger partial charge in [-0.1, -0.05) is 29.8 Å². The topological polar surface area (TPSA) is 68.8 Å². The van der Waals surface area contributed by atoms with Gasteiger partial charge in [-0.15, -0.1) is 0 Å². The average molecular weight is 421 g/mol. The van der Waals surface area contributed by atoms with Gasteiger partial charge in [0.1, 0.15) is 0 Å². The van der Waals surface area contributed by atoms with Crippen LogP contribution in [0.25, 0.3) is 11.1 Å². The molecule has 6 nitrogen and oxygen atoms in total. The number of aromatic nitrogens is 1. The third-order valence-electron chi connectivity index (χ3n) is 5.21. The van der Waals surface area contributed by atoms with Crippen molar-refractivity contribution in [3.8, 4) is 11.1 Å². The molecular weight excluding hydrogens is 400 g/mol. The second-order valence-corrected chi connectivity index (χ2v) is 7.75. The summed E-state index contributed by atoms with van der Waals surface area (Å²) in [5.74, 6) is 0. The average Bonchev–Trinajstić information content (AvgIpc) is 2.91. The number of halogens is 1. The Morgan fingerprint density at radius 3 is 2.57 bits per heavy atom. The minimum absolute atomic E-state index is 0.129. The Morgan fingerprint density at radius 1 is 1.13 bits per heavy atom. The third kappa shape index (κ3) is 4.00. The van der Waals surface area contributed by atoms with E-state index in [2.05, 4.69) is 16.2 Å². The van der Waals surface area contributed by atoms with E-state index in [0.29, 0.717) is 11.4 Å². The molecule has 4 rings (SSSR count). The van der Waals surface area contributed by atoms with Crippen LogP contribution in [0.4, 0.5) is 10.5 Å². The fraction of sp³-hybridized carbons (Fsp3) is 0.174. The van der Waals surface area contributed by atoms with E-state index in [4.69, 9.17) is 11.6 Å². The van der Waals surface area contributed by atoms with E-state index in [-0.39, 0.29) is 17.6 Å². The lowest BCUT2D eigenvalue weighted by Gasteiger charge is -2.28. The molecule has 0 bridgehead atoms. The number of benzene rings is 2. The maximum absolute atomic E-state index is 13.1. The molecule has 1 N–H and O–H groups in total. The van der Waals surface area contributed by atoms with Gasteiger partial charge in [-0.05, 0) is 65.9 Å². The van der Waals surface area contributed by atoms with Gasteiger partial charge in [0.05, 0.1) is 12.3 Å². The van der Waals surface area contributed by atoms with Crippen LogP contribution in [0.2, 0.25) is 5.02 Å². The Morgan fingerprint density at radius 2 is 1.87 bits per heavy atom. The van der Waals surface area contributed by atoms with Gasteiger partial charge in [0.2, 0.25) is 5.56 Å². The molecule has 0 saturated heterocycles. The van der Waals surface area contributed by atoms with Crippen molar-refractivity contribution >= 4 is 29.5 Å². The van der Waals surface area contributed by atoms with Crippen molar-refractivity contribution in [1.29, 1.82) is 0 Å². The number of amides is 2. The second kappa shape index (κ2) is 8.16. The van der Waals surface area contributed by atoms with Crippen molar-refractivity contribution in [3.63, 3.8) is 0 Å². The molecule has 1 unspecified atom stereocenters. The van der Waals surface area contributed by atoms with E-state index < -0.39 is 0 Å².